The number of hydrogen-bond donors (Lipinski definition) is 1. The van der Waals surface area contributed by atoms with Gasteiger partial charge in [0.25, 0.3) is 0 Å². The second kappa shape index (κ2) is 7.07. The molecule has 0 aliphatic rings. The maximum atomic E-state index is 12.1. The van der Waals surface area contributed by atoms with Crippen molar-refractivity contribution in [3.05, 3.63) is 54.1 Å². The molecule has 4 heteroatoms. The van der Waals surface area contributed by atoms with E-state index in [9.17, 15) is 8.42 Å². The van der Waals surface area contributed by atoms with Crippen LogP contribution in [0.2, 0.25) is 0 Å². The molecule has 2 aromatic rings. The van der Waals surface area contributed by atoms with Gasteiger partial charge >= 0.3 is 0 Å². The summed E-state index contributed by atoms with van der Waals surface area (Å²) in [4.78, 5) is 0.310. The lowest BCUT2D eigenvalue weighted by Gasteiger charge is -2.10. The van der Waals surface area contributed by atoms with Crippen LogP contribution in [-0.2, 0) is 10.0 Å². The van der Waals surface area contributed by atoms with E-state index in [0.717, 1.165) is 17.5 Å². The third kappa shape index (κ3) is 3.96. The molecule has 1 N–H and O–H groups in total. The van der Waals surface area contributed by atoms with Crippen LogP contribution >= 0.6 is 0 Å². The standard InChI is InChI=1S/C18H23NO2S/c1-4-12-19-22(20,21)18-10-8-15(9-11-18)17-7-5-6-16(13-17)14(2)3/h5-11,13-14,19H,4,12H2,1-3H3. The van der Waals surface area contributed by atoms with Gasteiger partial charge in [0.05, 0.1) is 4.90 Å². The van der Waals surface area contributed by atoms with E-state index in [1.807, 2.05) is 31.2 Å². The van der Waals surface area contributed by atoms with Crippen molar-refractivity contribution in [3.8, 4) is 11.1 Å². The van der Waals surface area contributed by atoms with Gasteiger partial charge in [0.2, 0.25) is 10.0 Å². The Morgan fingerprint density at radius 2 is 1.68 bits per heavy atom. The van der Waals surface area contributed by atoms with Gasteiger partial charge in [-0.05, 0) is 41.2 Å². The Bertz CT molecular complexity index is 719. The topological polar surface area (TPSA) is 46.2 Å². The summed E-state index contributed by atoms with van der Waals surface area (Å²) >= 11 is 0. The van der Waals surface area contributed by atoms with E-state index in [0.29, 0.717) is 17.4 Å². The van der Waals surface area contributed by atoms with Crippen molar-refractivity contribution in [1.29, 1.82) is 0 Å². The van der Waals surface area contributed by atoms with Gasteiger partial charge < -0.3 is 0 Å². The lowest BCUT2D eigenvalue weighted by molar-refractivity contribution is 0.581. The van der Waals surface area contributed by atoms with Gasteiger partial charge in [-0.3, -0.25) is 0 Å². The van der Waals surface area contributed by atoms with E-state index >= 15 is 0 Å². The van der Waals surface area contributed by atoms with Crippen LogP contribution in [0.1, 0.15) is 38.7 Å². The van der Waals surface area contributed by atoms with Crippen LogP contribution in [0.3, 0.4) is 0 Å². The van der Waals surface area contributed by atoms with Crippen molar-refractivity contribution < 1.29 is 8.42 Å². The number of hydrogen-bond acceptors (Lipinski definition) is 2. The second-order valence-corrected chi connectivity index (χ2v) is 7.47. The van der Waals surface area contributed by atoms with Crippen molar-refractivity contribution in [3.63, 3.8) is 0 Å². The molecule has 0 unspecified atom stereocenters. The summed E-state index contributed by atoms with van der Waals surface area (Å²) in [6, 6.07) is 15.4. The van der Waals surface area contributed by atoms with Crippen molar-refractivity contribution in [2.45, 2.75) is 38.0 Å². The predicted molar refractivity (Wildman–Crippen MR) is 91.4 cm³/mol. The van der Waals surface area contributed by atoms with Gasteiger partial charge in [0, 0.05) is 6.54 Å². The van der Waals surface area contributed by atoms with Crippen molar-refractivity contribution >= 4 is 10.0 Å². The Kier molecular flexibility index (Phi) is 5.37. The third-order valence-corrected chi connectivity index (χ3v) is 5.07. The van der Waals surface area contributed by atoms with Crippen LogP contribution in [-0.4, -0.2) is 15.0 Å². The summed E-state index contributed by atoms with van der Waals surface area (Å²) < 4.78 is 26.7. The minimum absolute atomic E-state index is 0.310. The highest BCUT2D eigenvalue weighted by Crippen LogP contribution is 2.25. The summed E-state index contributed by atoms with van der Waals surface area (Å²) in [5.74, 6) is 0.470. The molecule has 0 heterocycles. The van der Waals surface area contributed by atoms with Crippen molar-refractivity contribution in [2.75, 3.05) is 6.54 Å². The highest BCUT2D eigenvalue weighted by molar-refractivity contribution is 7.89. The molecule has 0 bridgehead atoms. The summed E-state index contributed by atoms with van der Waals surface area (Å²) in [6.07, 6.45) is 0.777. The normalized spacial score (nSPS) is 11.8. The van der Waals surface area contributed by atoms with Crippen LogP contribution in [0.15, 0.2) is 53.4 Å². The monoisotopic (exact) mass is 317 g/mol. The van der Waals surface area contributed by atoms with Gasteiger partial charge in [-0.2, -0.15) is 0 Å². The van der Waals surface area contributed by atoms with Gasteiger partial charge in [-0.1, -0.05) is 57.2 Å². The first-order chi connectivity index (χ1) is 10.4. The van der Waals surface area contributed by atoms with Crippen molar-refractivity contribution in [2.24, 2.45) is 0 Å². The fourth-order valence-electron chi connectivity index (χ4n) is 2.22. The maximum Gasteiger partial charge on any atom is 0.240 e. The molecule has 0 amide bonds. The molecule has 0 saturated heterocycles. The maximum absolute atomic E-state index is 12.1. The lowest BCUT2D eigenvalue weighted by Crippen LogP contribution is -2.24. The highest BCUT2D eigenvalue weighted by Gasteiger charge is 2.12. The third-order valence-electron chi connectivity index (χ3n) is 3.59. The molecular formula is C18H23NO2S. The zero-order chi connectivity index (χ0) is 16.2. The van der Waals surface area contributed by atoms with Gasteiger partial charge in [-0.25, -0.2) is 13.1 Å². The number of nitrogens with one attached hydrogen (secondary N) is 1. The summed E-state index contributed by atoms with van der Waals surface area (Å²) in [6.45, 7) is 6.72. The molecule has 22 heavy (non-hydrogen) atoms. The van der Waals surface area contributed by atoms with Crippen LogP contribution in [0.5, 0.6) is 0 Å². The van der Waals surface area contributed by atoms with Crippen LogP contribution in [0.4, 0.5) is 0 Å². The number of benzene rings is 2. The van der Waals surface area contributed by atoms with E-state index in [1.165, 1.54) is 5.56 Å². The number of sulfonamides is 1. The van der Waals surface area contributed by atoms with Gasteiger partial charge in [-0.15, -0.1) is 0 Å². The Labute approximate surface area is 133 Å². The minimum atomic E-state index is -3.39. The first-order valence-electron chi connectivity index (χ1n) is 7.64. The van der Waals surface area contributed by atoms with Crippen LogP contribution < -0.4 is 4.72 Å². The second-order valence-electron chi connectivity index (χ2n) is 5.70. The predicted octanol–water partition coefficient (Wildman–Crippen LogP) is 4.17. The molecule has 2 rings (SSSR count). The average molecular weight is 317 g/mol. The van der Waals surface area contributed by atoms with Crippen LogP contribution in [0.25, 0.3) is 11.1 Å². The van der Waals surface area contributed by atoms with E-state index in [2.05, 4.69) is 30.7 Å². The van der Waals surface area contributed by atoms with E-state index in [-0.39, 0.29) is 0 Å². The molecule has 0 aliphatic carbocycles. The van der Waals surface area contributed by atoms with E-state index < -0.39 is 10.0 Å². The SMILES string of the molecule is CCCNS(=O)(=O)c1ccc(-c2cccc(C(C)C)c2)cc1. The Balaban J connectivity index is 2.27. The average Bonchev–Trinajstić information content (AvgIpc) is 2.53. The molecular weight excluding hydrogens is 294 g/mol. The quantitative estimate of drug-likeness (QED) is 0.869. The first-order valence-corrected chi connectivity index (χ1v) is 9.12. The molecule has 0 spiro atoms. The van der Waals surface area contributed by atoms with E-state index in [1.54, 1.807) is 12.1 Å². The molecule has 3 nitrogen and oxygen atoms in total. The Morgan fingerprint density at radius 3 is 2.27 bits per heavy atom. The fraction of sp³-hybridized carbons (Fsp3) is 0.333. The molecule has 0 saturated carbocycles. The summed E-state index contributed by atoms with van der Waals surface area (Å²) in [5.41, 5.74) is 3.41. The van der Waals surface area contributed by atoms with Gasteiger partial charge in [0.15, 0.2) is 0 Å². The van der Waals surface area contributed by atoms with Gasteiger partial charge in [0.1, 0.15) is 0 Å². The fourth-order valence-corrected chi connectivity index (χ4v) is 3.36. The zero-order valence-electron chi connectivity index (χ0n) is 13.3. The summed E-state index contributed by atoms with van der Waals surface area (Å²) in [5, 5.41) is 0. The number of rotatable bonds is 6. The molecule has 0 fully saturated rings. The molecule has 0 aromatic heterocycles. The molecule has 2 aromatic carbocycles. The Morgan fingerprint density at radius 1 is 1.00 bits per heavy atom. The first kappa shape index (κ1) is 16.7. The largest absolute Gasteiger partial charge is 0.240 e. The summed E-state index contributed by atoms with van der Waals surface area (Å²) in [7, 11) is -3.39. The van der Waals surface area contributed by atoms with E-state index in [4.69, 9.17) is 0 Å². The zero-order valence-corrected chi connectivity index (χ0v) is 14.2. The highest BCUT2D eigenvalue weighted by atomic mass is 32.2. The molecule has 0 atom stereocenters. The molecule has 0 radical (unpaired) electrons. The molecule has 118 valence electrons. The lowest BCUT2D eigenvalue weighted by atomic mass is 9.97. The Hall–Kier alpha value is -1.65. The van der Waals surface area contributed by atoms with Crippen LogP contribution in [0, 0.1) is 0 Å². The minimum Gasteiger partial charge on any atom is -0.211 e. The van der Waals surface area contributed by atoms with Crippen molar-refractivity contribution in [1.82, 2.24) is 4.72 Å². The smallest absolute Gasteiger partial charge is 0.211 e. The molecule has 0 aliphatic heterocycles.